The van der Waals surface area contributed by atoms with Crippen LogP contribution in [0.5, 0.6) is 0 Å². The van der Waals surface area contributed by atoms with E-state index < -0.39 is 51.8 Å². The van der Waals surface area contributed by atoms with Gasteiger partial charge >= 0.3 is 6.18 Å². The molecule has 2 N–H and O–H groups in total. The Hall–Kier alpha value is -1.26. The fourth-order valence-electron chi connectivity index (χ4n) is 1.62. The zero-order valence-electron chi connectivity index (χ0n) is 10.7. The van der Waals surface area contributed by atoms with Crippen molar-refractivity contribution in [1.29, 1.82) is 0 Å². The van der Waals surface area contributed by atoms with E-state index in [0.717, 1.165) is 6.92 Å². The highest BCUT2D eigenvalue weighted by Gasteiger charge is 2.33. The summed E-state index contributed by atoms with van der Waals surface area (Å²) < 4.78 is 88.4. The summed E-state index contributed by atoms with van der Waals surface area (Å²) in [5.41, 5.74) is -0.224. The van der Waals surface area contributed by atoms with Crippen LogP contribution in [0.2, 0.25) is 0 Å². The molecule has 1 rings (SSSR count). The van der Waals surface area contributed by atoms with Crippen LogP contribution in [0.3, 0.4) is 0 Å². The molecule has 0 radical (unpaired) electrons. The molecule has 0 fully saturated rings. The molecule has 4 nitrogen and oxygen atoms in total. The van der Waals surface area contributed by atoms with Crippen molar-refractivity contribution < 1.29 is 35.5 Å². The van der Waals surface area contributed by atoms with Gasteiger partial charge in [-0.15, -0.1) is 0 Å². The Labute approximate surface area is 117 Å². The predicted molar refractivity (Wildman–Crippen MR) is 62.7 cm³/mol. The lowest BCUT2D eigenvalue weighted by molar-refractivity contribution is -0.137. The summed E-state index contributed by atoms with van der Waals surface area (Å²) in [6.45, 7) is 0.188. The predicted octanol–water partition coefficient (Wildman–Crippen LogP) is 2.08. The topological polar surface area (TPSA) is 66.4 Å². The SMILES string of the molecule is CC(CC(F)(F)F)NS(=O)(=O)c1cc(CO)cc(F)c1F. The lowest BCUT2D eigenvalue weighted by Gasteiger charge is -2.16. The van der Waals surface area contributed by atoms with Crippen molar-refractivity contribution in [3.63, 3.8) is 0 Å². The zero-order valence-corrected chi connectivity index (χ0v) is 11.5. The first-order valence-electron chi connectivity index (χ1n) is 5.64. The molecule has 0 aliphatic heterocycles. The number of hydrogen-bond acceptors (Lipinski definition) is 3. The molecule has 21 heavy (non-hydrogen) atoms. The molecule has 0 aliphatic rings. The molecule has 0 aromatic heterocycles. The van der Waals surface area contributed by atoms with E-state index in [1.807, 2.05) is 0 Å². The zero-order chi connectivity index (χ0) is 16.4. The molecule has 0 saturated carbocycles. The highest BCUT2D eigenvalue weighted by molar-refractivity contribution is 7.89. The van der Waals surface area contributed by atoms with Crippen molar-refractivity contribution in [3.8, 4) is 0 Å². The molecule has 1 unspecified atom stereocenters. The summed E-state index contributed by atoms with van der Waals surface area (Å²) in [7, 11) is -4.69. The number of halogens is 5. The number of alkyl halides is 3. The molecule has 0 amide bonds. The van der Waals surface area contributed by atoms with E-state index >= 15 is 0 Å². The maximum atomic E-state index is 13.5. The number of aliphatic hydroxyl groups excluding tert-OH is 1. The average Bonchev–Trinajstić information content (AvgIpc) is 2.28. The fourth-order valence-corrected chi connectivity index (χ4v) is 3.00. The Morgan fingerprint density at radius 1 is 1.29 bits per heavy atom. The Morgan fingerprint density at radius 3 is 2.33 bits per heavy atom. The van der Waals surface area contributed by atoms with Crippen LogP contribution in [0.15, 0.2) is 17.0 Å². The molecule has 1 aromatic carbocycles. The van der Waals surface area contributed by atoms with Crippen LogP contribution in [0.25, 0.3) is 0 Å². The van der Waals surface area contributed by atoms with Crippen LogP contribution in [0, 0.1) is 11.6 Å². The Bertz CT molecular complexity index is 615. The van der Waals surface area contributed by atoms with Gasteiger partial charge in [0.05, 0.1) is 13.0 Å². The van der Waals surface area contributed by atoms with E-state index in [4.69, 9.17) is 5.11 Å². The summed E-state index contributed by atoms with van der Waals surface area (Å²) in [6, 6.07) is -0.315. The Kier molecular flexibility index (Phi) is 5.29. The van der Waals surface area contributed by atoms with Crippen LogP contribution < -0.4 is 4.72 Å². The lowest BCUT2D eigenvalue weighted by Crippen LogP contribution is -2.36. The van der Waals surface area contributed by atoms with Crippen molar-refractivity contribution in [3.05, 3.63) is 29.3 Å². The van der Waals surface area contributed by atoms with Crippen molar-refractivity contribution in [2.24, 2.45) is 0 Å². The highest BCUT2D eigenvalue weighted by atomic mass is 32.2. The smallest absolute Gasteiger partial charge is 0.390 e. The number of hydrogen-bond donors (Lipinski definition) is 2. The van der Waals surface area contributed by atoms with Gasteiger partial charge in [0.1, 0.15) is 4.90 Å². The van der Waals surface area contributed by atoms with E-state index in [-0.39, 0.29) is 5.56 Å². The fraction of sp³-hybridized carbons (Fsp3) is 0.455. The largest absolute Gasteiger partial charge is 0.392 e. The second kappa shape index (κ2) is 6.24. The molecule has 10 heteroatoms. The molecule has 1 aromatic rings. The standard InChI is InChI=1S/C11H12F5NO3S/c1-6(4-11(14,15)16)17-21(19,20)9-3-7(5-18)2-8(12)10(9)13/h2-3,6,17-18H,4-5H2,1H3. The van der Waals surface area contributed by atoms with Crippen LogP contribution in [-0.4, -0.2) is 25.7 Å². The van der Waals surface area contributed by atoms with Crippen LogP contribution in [0.4, 0.5) is 22.0 Å². The van der Waals surface area contributed by atoms with E-state index in [0.29, 0.717) is 12.1 Å². The summed E-state index contributed by atoms with van der Waals surface area (Å²) >= 11 is 0. The Balaban J connectivity index is 3.11. The normalized spacial score (nSPS) is 14.2. The minimum atomic E-state index is -4.69. The van der Waals surface area contributed by atoms with Gasteiger partial charge in [-0.1, -0.05) is 0 Å². The third-order valence-corrected chi connectivity index (χ3v) is 4.01. The summed E-state index contributed by atoms with van der Waals surface area (Å²) in [5, 5.41) is 8.82. The summed E-state index contributed by atoms with van der Waals surface area (Å²) in [4.78, 5) is -1.15. The van der Waals surface area contributed by atoms with Gasteiger partial charge in [-0.25, -0.2) is 21.9 Å². The van der Waals surface area contributed by atoms with Crippen LogP contribution >= 0.6 is 0 Å². The van der Waals surface area contributed by atoms with E-state index in [1.165, 1.54) is 0 Å². The van der Waals surface area contributed by atoms with E-state index in [2.05, 4.69) is 0 Å². The minimum Gasteiger partial charge on any atom is -0.392 e. The molecular weight excluding hydrogens is 321 g/mol. The maximum absolute atomic E-state index is 13.5. The van der Waals surface area contributed by atoms with Gasteiger partial charge in [0.2, 0.25) is 10.0 Å². The molecule has 0 bridgehead atoms. The van der Waals surface area contributed by atoms with Crippen LogP contribution in [0.1, 0.15) is 18.9 Å². The third kappa shape index (κ3) is 4.90. The molecular formula is C11H12F5NO3S. The first-order valence-corrected chi connectivity index (χ1v) is 7.12. The molecule has 1 atom stereocenters. The van der Waals surface area contributed by atoms with Crippen molar-refractivity contribution in [1.82, 2.24) is 4.72 Å². The average molecular weight is 333 g/mol. The highest BCUT2D eigenvalue weighted by Crippen LogP contribution is 2.24. The quantitative estimate of drug-likeness (QED) is 0.811. The van der Waals surface area contributed by atoms with Gasteiger partial charge in [0, 0.05) is 6.04 Å². The number of rotatable bonds is 5. The number of sulfonamides is 1. The van der Waals surface area contributed by atoms with Crippen molar-refractivity contribution in [2.45, 2.75) is 37.1 Å². The number of nitrogens with one attached hydrogen (secondary N) is 1. The first kappa shape index (κ1) is 17.8. The maximum Gasteiger partial charge on any atom is 0.390 e. The number of benzene rings is 1. The molecule has 0 aliphatic carbocycles. The summed E-state index contributed by atoms with van der Waals surface area (Å²) in [5.74, 6) is -3.25. The van der Waals surface area contributed by atoms with Gasteiger partial charge < -0.3 is 5.11 Å². The van der Waals surface area contributed by atoms with Gasteiger partial charge in [0.15, 0.2) is 11.6 Å². The molecule has 0 saturated heterocycles. The lowest BCUT2D eigenvalue weighted by atomic mass is 10.2. The summed E-state index contributed by atoms with van der Waals surface area (Å²) in [6.07, 6.45) is -6.07. The van der Waals surface area contributed by atoms with Gasteiger partial charge in [-0.3, -0.25) is 0 Å². The number of aliphatic hydroxyl groups is 1. The molecule has 120 valence electrons. The van der Waals surface area contributed by atoms with Crippen molar-refractivity contribution >= 4 is 10.0 Å². The monoisotopic (exact) mass is 333 g/mol. The molecule has 0 heterocycles. The first-order chi connectivity index (χ1) is 9.46. The minimum absolute atomic E-state index is 0.224. The van der Waals surface area contributed by atoms with Crippen LogP contribution in [-0.2, 0) is 16.6 Å². The van der Waals surface area contributed by atoms with E-state index in [9.17, 15) is 30.4 Å². The van der Waals surface area contributed by atoms with Crippen molar-refractivity contribution in [2.75, 3.05) is 0 Å². The Morgan fingerprint density at radius 2 is 1.86 bits per heavy atom. The van der Waals surface area contributed by atoms with Gasteiger partial charge in [-0.2, -0.15) is 13.2 Å². The molecule has 0 spiro atoms. The van der Waals surface area contributed by atoms with Gasteiger partial charge in [0.25, 0.3) is 0 Å². The third-order valence-electron chi connectivity index (χ3n) is 2.42. The second-order valence-corrected chi connectivity index (χ2v) is 6.07. The van der Waals surface area contributed by atoms with E-state index in [1.54, 1.807) is 4.72 Å². The van der Waals surface area contributed by atoms with Gasteiger partial charge in [-0.05, 0) is 24.6 Å². The second-order valence-electron chi connectivity index (χ2n) is 4.39.